The lowest BCUT2D eigenvalue weighted by molar-refractivity contribution is 0.264. The van der Waals surface area contributed by atoms with E-state index in [1.54, 1.807) is 6.07 Å². The maximum atomic E-state index is 13.8. The summed E-state index contributed by atoms with van der Waals surface area (Å²) in [6.45, 7) is -0.0197. The van der Waals surface area contributed by atoms with Gasteiger partial charge in [-0.2, -0.15) is 0 Å². The molecular weight excluding hydrogens is 231 g/mol. The van der Waals surface area contributed by atoms with Crippen LogP contribution in [0.4, 0.5) is 4.39 Å². The summed E-state index contributed by atoms with van der Waals surface area (Å²) < 4.78 is 19.5. The molecule has 1 aliphatic heterocycles. The molecule has 92 valence electrons. The summed E-state index contributed by atoms with van der Waals surface area (Å²) in [6.07, 6.45) is 0.656. The largest absolute Gasteiger partial charge is 0.454 e. The molecule has 0 aliphatic carbocycles. The first-order chi connectivity index (χ1) is 8.79. The Morgan fingerprint density at radius 2 is 2.00 bits per heavy atom. The number of ether oxygens (including phenoxy) is 1. The maximum Gasteiger partial charge on any atom is 0.166 e. The SMILES string of the molecule is OCC1Cc2ccccc2Oc2c(F)cccc21. The number of para-hydroxylation sites is 2. The standard InChI is InChI=1S/C15H13FO2/c16-13-6-3-5-12-11(9-17)8-10-4-1-2-7-14(10)18-15(12)13/h1-7,11,17H,8-9H2. The van der Waals surface area contributed by atoms with Gasteiger partial charge >= 0.3 is 0 Å². The summed E-state index contributed by atoms with van der Waals surface area (Å²) in [5, 5.41) is 9.50. The molecule has 0 amide bonds. The second-order valence-corrected chi connectivity index (χ2v) is 4.45. The Balaban J connectivity index is 2.18. The second-order valence-electron chi connectivity index (χ2n) is 4.45. The lowest BCUT2D eigenvalue weighted by Gasteiger charge is -2.13. The summed E-state index contributed by atoms with van der Waals surface area (Å²) in [6, 6.07) is 12.4. The van der Waals surface area contributed by atoms with E-state index in [0.717, 1.165) is 11.1 Å². The topological polar surface area (TPSA) is 29.5 Å². The minimum atomic E-state index is -0.386. The van der Waals surface area contributed by atoms with Crippen LogP contribution in [0.2, 0.25) is 0 Å². The van der Waals surface area contributed by atoms with Gasteiger partial charge in [0.25, 0.3) is 0 Å². The summed E-state index contributed by atoms with van der Waals surface area (Å²) >= 11 is 0. The number of fused-ring (bicyclic) bond motifs is 2. The van der Waals surface area contributed by atoms with Crippen molar-refractivity contribution in [2.24, 2.45) is 0 Å². The Bertz CT molecular complexity index is 580. The molecule has 1 atom stereocenters. The van der Waals surface area contributed by atoms with Crippen LogP contribution in [0.15, 0.2) is 42.5 Å². The maximum absolute atomic E-state index is 13.8. The smallest absolute Gasteiger partial charge is 0.166 e. The van der Waals surface area contributed by atoms with E-state index in [1.807, 2.05) is 30.3 Å². The molecule has 0 bridgehead atoms. The van der Waals surface area contributed by atoms with Crippen LogP contribution in [-0.2, 0) is 6.42 Å². The highest BCUT2D eigenvalue weighted by Crippen LogP contribution is 2.40. The van der Waals surface area contributed by atoms with E-state index >= 15 is 0 Å². The monoisotopic (exact) mass is 244 g/mol. The van der Waals surface area contributed by atoms with Crippen molar-refractivity contribution in [3.05, 3.63) is 59.4 Å². The highest BCUT2D eigenvalue weighted by molar-refractivity contribution is 5.47. The van der Waals surface area contributed by atoms with Gasteiger partial charge in [0.1, 0.15) is 5.75 Å². The predicted molar refractivity (Wildman–Crippen MR) is 66.4 cm³/mol. The highest BCUT2D eigenvalue weighted by atomic mass is 19.1. The number of rotatable bonds is 1. The second kappa shape index (κ2) is 4.42. The average molecular weight is 244 g/mol. The number of hydrogen-bond acceptors (Lipinski definition) is 2. The fourth-order valence-corrected chi connectivity index (χ4v) is 2.37. The third-order valence-corrected chi connectivity index (χ3v) is 3.31. The molecule has 1 unspecified atom stereocenters. The zero-order valence-electron chi connectivity index (χ0n) is 9.77. The first kappa shape index (κ1) is 11.2. The molecule has 1 aliphatic rings. The summed E-state index contributed by atoms with van der Waals surface area (Å²) in [4.78, 5) is 0. The molecule has 1 N–H and O–H groups in total. The van der Waals surface area contributed by atoms with E-state index in [2.05, 4.69) is 0 Å². The van der Waals surface area contributed by atoms with Gasteiger partial charge in [-0.1, -0.05) is 30.3 Å². The van der Waals surface area contributed by atoms with Gasteiger partial charge in [0.2, 0.25) is 0 Å². The zero-order valence-corrected chi connectivity index (χ0v) is 9.77. The normalized spacial score (nSPS) is 17.3. The van der Waals surface area contributed by atoms with Crippen molar-refractivity contribution in [2.45, 2.75) is 12.3 Å². The van der Waals surface area contributed by atoms with Crippen LogP contribution in [-0.4, -0.2) is 11.7 Å². The molecule has 0 fully saturated rings. The molecule has 3 heteroatoms. The Morgan fingerprint density at radius 3 is 2.83 bits per heavy atom. The average Bonchev–Trinajstić information content (AvgIpc) is 2.56. The van der Waals surface area contributed by atoms with Gasteiger partial charge in [0.15, 0.2) is 11.6 Å². The van der Waals surface area contributed by atoms with E-state index in [-0.39, 0.29) is 24.1 Å². The molecule has 18 heavy (non-hydrogen) atoms. The predicted octanol–water partition coefficient (Wildman–Crippen LogP) is 3.25. The van der Waals surface area contributed by atoms with Crippen LogP contribution >= 0.6 is 0 Å². The lowest BCUT2D eigenvalue weighted by Crippen LogP contribution is -2.07. The van der Waals surface area contributed by atoms with Crippen molar-refractivity contribution in [1.29, 1.82) is 0 Å². The van der Waals surface area contributed by atoms with Gasteiger partial charge in [-0.05, 0) is 24.1 Å². The number of aliphatic hydroxyl groups is 1. The summed E-state index contributed by atoms with van der Waals surface area (Å²) in [5.74, 6) is 0.392. The van der Waals surface area contributed by atoms with Gasteiger partial charge in [-0.3, -0.25) is 0 Å². The van der Waals surface area contributed by atoms with Crippen molar-refractivity contribution >= 4 is 0 Å². The van der Waals surface area contributed by atoms with Crippen LogP contribution in [0.5, 0.6) is 11.5 Å². The van der Waals surface area contributed by atoms with Crippen LogP contribution < -0.4 is 4.74 Å². The first-order valence-corrected chi connectivity index (χ1v) is 5.94. The molecule has 0 radical (unpaired) electrons. The third-order valence-electron chi connectivity index (χ3n) is 3.31. The van der Waals surface area contributed by atoms with Crippen LogP contribution in [0, 0.1) is 5.82 Å². The quantitative estimate of drug-likeness (QED) is 0.834. The number of hydrogen-bond donors (Lipinski definition) is 1. The Morgan fingerprint density at radius 1 is 1.17 bits per heavy atom. The number of aliphatic hydroxyl groups excluding tert-OH is 1. The Kier molecular flexibility index (Phi) is 2.76. The van der Waals surface area contributed by atoms with Crippen molar-refractivity contribution < 1.29 is 14.2 Å². The molecule has 2 nitrogen and oxygen atoms in total. The number of benzene rings is 2. The van der Waals surface area contributed by atoms with Crippen molar-refractivity contribution in [3.8, 4) is 11.5 Å². The zero-order chi connectivity index (χ0) is 12.5. The Hall–Kier alpha value is -1.87. The molecule has 3 rings (SSSR count). The van der Waals surface area contributed by atoms with Gasteiger partial charge in [-0.15, -0.1) is 0 Å². The summed E-state index contributed by atoms with van der Waals surface area (Å²) in [5.41, 5.74) is 1.72. The van der Waals surface area contributed by atoms with Crippen LogP contribution in [0.25, 0.3) is 0 Å². The van der Waals surface area contributed by atoms with Crippen LogP contribution in [0.1, 0.15) is 17.0 Å². The van der Waals surface area contributed by atoms with Gasteiger partial charge < -0.3 is 9.84 Å². The van der Waals surface area contributed by atoms with Gasteiger partial charge in [-0.25, -0.2) is 4.39 Å². The number of halogens is 1. The van der Waals surface area contributed by atoms with E-state index in [0.29, 0.717) is 12.2 Å². The first-order valence-electron chi connectivity index (χ1n) is 5.94. The minimum Gasteiger partial charge on any atom is -0.454 e. The molecule has 1 heterocycles. The fraction of sp³-hybridized carbons (Fsp3) is 0.200. The van der Waals surface area contributed by atoms with Crippen molar-refractivity contribution in [3.63, 3.8) is 0 Å². The molecule has 2 aromatic carbocycles. The molecule has 0 aromatic heterocycles. The van der Waals surface area contributed by atoms with E-state index < -0.39 is 0 Å². The Labute approximate surface area is 105 Å². The van der Waals surface area contributed by atoms with Crippen LogP contribution in [0.3, 0.4) is 0 Å². The van der Waals surface area contributed by atoms with Gasteiger partial charge in [0.05, 0.1) is 6.61 Å². The van der Waals surface area contributed by atoms with E-state index in [1.165, 1.54) is 6.07 Å². The van der Waals surface area contributed by atoms with E-state index in [9.17, 15) is 9.50 Å². The highest BCUT2D eigenvalue weighted by Gasteiger charge is 2.24. The minimum absolute atomic E-state index is 0.0197. The van der Waals surface area contributed by atoms with Crippen molar-refractivity contribution in [1.82, 2.24) is 0 Å². The lowest BCUT2D eigenvalue weighted by atomic mass is 9.92. The molecular formula is C15H13FO2. The molecule has 0 spiro atoms. The summed E-state index contributed by atoms with van der Waals surface area (Å²) in [7, 11) is 0. The van der Waals surface area contributed by atoms with Crippen molar-refractivity contribution in [2.75, 3.05) is 6.61 Å². The third kappa shape index (κ3) is 1.77. The molecule has 0 saturated carbocycles. The van der Waals surface area contributed by atoms with E-state index in [4.69, 9.17) is 4.74 Å². The fourth-order valence-electron chi connectivity index (χ4n) is 2.37. The van der Waals surface area contributed by atoms with Gasteiger partial charge in [0, 0.05) is 11.5 Å². The molecule has 0 saturated heterocycles. The molecule has 2 aromatic rings.